The lowest BCUT2D eigenvalue weighted by Gasteiger charge is -2.14. The van der Waals surface area contributed by atoms with Gasteiger partial charge in [0.15, 0.2) is 0 Å². The van der Waals surface area contributed by atoms with Crippen molar-refractivity contribution in [3.05, 3.63) is 124 Å². The summed E-state index contributed by atoms with van der Waals surface area (Å²) in [6.07, 6.45) is 0. The maximum absolute atomic E-state index is 13.2. The Bertz CT molecular complexity index is 1520. The number of amides is 3. The highest BCUT2D eigenvalue weighted by molar-refractivity contribution is 6.30. The second-order valence-electron chi connectivity index (χ2n) is 8.49. The van der Waals surface area contributed by atoms with Gasteiger partial charge in [-0.2, -0.15) is 0 Å². The monoisotopic (exact) mass is 541 g/mol. The molecule has 196 valence electrons. The average molecular weight is 542 g/mol. The van der Waals surface area contributed by atoms with Gasteiger partial charge in [-0.25, -0.2) is 4.79 Å². The zero-order chi connectivity index (χ0) is 27.8. The van der Waals surface area contributed by atoms with Crippen LogP contribution in [0.15, 0.2) is 97.1 Å². The molecule has 39 heavy (non-hydrogen) atoms. The van der Waals surface area contributed by atoms with Crippen LogP contribution in [0.2, 0.25) is 5.02 Å². The molecule has 4 aromatic rings. The zero-order valence-electron chi connectivity index (χ0n) is 20.9. The minimum atomic E-state index is -0.649. The van der Waals surface area contributed by atoms with Gasteiger partial charge in [0.2, 0.25) is 5.91 Å². The van der Waals surface area contributed by atoms with E-state index in [1.54, 1.807) is 42.5 Å². The summed E-state index contributed by atoms with van der Waals surface area (Å²) in [7, 11) is 0. The first-order valence-electron chi connectivity index (χ1n) is 11.9. The summed E-state index contributed by atoms with van der Waals surface area (Å²) < 4.78 is 5.47. The molecule has 0 heterocycles. The highest BCUT2D eigenvalue weighted by atomic mass is 35.5. The average Bonchev–Trinajstić information content (AvgIpc) is 2.93. The van der Waals surface area contributed by atoms with E-state index in [9.17, 15) is 19.2 Å². The summed E-state index contributed by atoms with van der Waals surface area (Å²) in [4.78, 5) is 50.0. The van der Waals surface area contributed by atoms with Gasteiger partial charge >= 0.3 is 5.97 Å². The predicted molar refractivity (Wildman–Crippen MR) is 149 cm³/mol. The maximum atomic E-state index is 13.2. The van der Waals surface area contributed by atoms with Crippen molar-refractivity contribution in [2.75, 3.05) is 10.6 Å². The molecule has 0 atom stereocenters. The molecule has 0 aliphatic rings. The molecule has 0 saturated heterocycles. The molecule has 0 aromatic heterocycles. The van der Waals surface area contributed by atoms with Crippen molar-refractivity contribution in [1.82, 2.24) is 5.32 Å². The van der Waals surface area contributed by atoms with E-state index in [4.69, 9.17) is 16.3 Å². The minimum Gasteiger partial charge on any atom is -0.423 e. The van der Waals surface area contributed by atoms with Crippen LogP contribution in [-0.4, -0.2) is 23.7 Å². The fourth-order valence-electron chi connectivity index (χ4n) is 3.64. The van der Waals surface area contributed by atoms with E-state index in [0.29, 0.717) is 16.3 Å². The van der Waals surface area contributed by atoms with Crippen molar-refractivity contribution in [2.45, 2.75) is 13.5 Å². The molecule has 0 bridgehead atoms. The number of ether oxygens (including phenoxy) is 1. The number of rotatable bonds is 8. The maximum Gasteiger partial charge on any atom is 0.343 e. The first-order valence-corrected chi connectivity index (χ1v) is 12.3. The Kier molecular flexibility index (Phi) is 8.71. The number of carbonyl (C=O) groups is 4. The molecular weight excluding hydrogens is 518 g/mol. The van der Waals surface area contributed by atoms with Gasteiger partial charge in [0.1, 0.15) is 5.75 Å². The molecule has 0 unspecified atom stereocenters. The predicted octanol–water partition coefficient (Wildman–Crippen LogP) is 5.70. The number of halogens is 1. The van der Waals surface area contributed by atoms with Crippen LogP contribution in [0.25, 0.3) is 0 Å². The van der Waals surface area contributed by atoms with Gasteiger partial charge in [0.05, 0.1) is 16.8 Å². The SMILES string of the molecule is CC(=O)Nc1ccc(C(=O)Nc2ccc(OC(=O)c3cccc(Cl)c3)cc2C(=O)NCc2ccccc2)cc1. The smallest absolute Gasteiger partial charge is 0.343 e. The number of hydrogen-bond donors (Lipinski definition) is 3. The van der Waals surface area contributed by atoms with Crippen molar-refractivity contribution >= 4 is 46.7 Å². The van der Waals surface area contributed by atoms with Crippen molar-refractivity contribution < 1.29 is 23.9 Å². The Labute approximate surface area is 230 Å². The normalized spacial score (nSPS) is 10.3. The summed E-state index contributed by atoms with van der Waals surface area (Å²) in [5, 5.41) is 8.59. The number of carbonyl (C=O) groups excluding carboxylic acids is 4. The van der Waals surface area contributed by atoms with Crippen molar-refractivity contribution in [3.8, 4) is 5.75 Å². The molecule has 8 nitrogen and oxygen atoms in total. The molecule has 0 spiro atoms. The highest BCUT2D eigenvalue weighted by Crippen LogP contribution is 2.25. The van der Waals surface area contributed by atoms with Crippen LogP contribution in [0.3, 0.4) is 0 Å². The number of nitrogens with one attached hydrogen (secondary N) is 3. The van der Waals surface area contributed by atoms with Gasteiger partial charge in [-0.05, 0) is 66.2 Å². The van der Waals surface area contributed by atoms with Gasteiger partial charge in [-0.15, -0.1) is 0 Å². The van der Waals surface area contributed by atoms with Gasteiger partial charge < -0.3 is 20.7 Å². The molecule has 0 aliphatic heterocycles. The Hall–Kier alpha value is -4.95. The van der Waals surface area contributed by atoms with Gasteiger partial charge in [-0.1, -0.05) is 48.0 Å². The second-order valence-corrected chi connectivity index (χ2v) is 8.92. The molecular formula is C30H24ClN3O5. The largest absolute Gasteiger partial charge is 0.423 e. The summed E-state index contributed by atoms with van der Waals surface area (Å²) >= 11 is 5.98. The number of esters is 1. The van der Waals surface area contributed by atoms with Crippen LogP contribution < -0.4 is 20.7 Å². The highest BCUT2D eigenvalue weighted by Gasteiger charge is 2.18. The van der Waals surface area contributed by atoms with E-state index in [1.807, 2.05) is 30.3 Å². The lowest BCUT2D eigenvalue weighted by molar-refractivity contribution is -0.114. The lowest BCUT2D eigenvalue weighted by atomic mass is 10.1. The van der Waals surface area contributed by atoms with Crippen LogP contribution in [-0.2, 0) is 11.3 Å². The molecule has 0 aliphatic carbocycles. The van der Waals surface area contributed by atoms with Crippen LogP contribution in [0.4, 0.5) is 11.4 Å². The lowest BCUT2D eigenvalue weighted by Crippen LogP contribution is -2.25. The molecule has 4 rings (SSSR count). The summed E-state index contributed by atoms with van der Waals surface area (Å²) in [5.41, 5.74) is 2.32. The molecule has 9 heteroatoms. The van der Waals surface area contributed by atoms with Crippen molar-refractivity contribution in [2.24, 2.45) is 0 Å². The van der Waals surface area contributed by atoms with E-state index in [2.05, 4.69) is 16.0 Å². The topological polar surface area (TPSA) is 114 Å². The number of anilines is 2. The van der Waals surface area contributed by atoms with Crippen molar-refractivity contribution in [3.63, 3.8) is 0 Å². The van der Waals surface area contributed by atoms with E-state index >= 15 is 0 Å². The Balaban J connectivity index is 1.57. The Morgan fingerprint density at radius 1 is 0.744 bits per heavy atom. The molecule has 4 aromatic carbocycles. The van der Waals surface area contributed by atoms with Crippen LogP contribution in [0.5, 0.6) is 5.75 Å². The third-order valence-electron chi connectivity index (χ3n) is 5.52. The third kappa shape index (κ3) is 7.53. The first-order chi connectivity index (χ1) is 18.8. The summed E-state index contributed by atoms with van der Waals surface area (Å²) in [6, 6.07) is 26.3. The van der Waals surface area contributed by atoms with Crippen LogP contribution in [0.1, 0.15) is 43.6 Å². The van der Waals surface area contributed by atoms with E-state index in [1.165, 1.54) is 31.2 Å². The second kappa shape index (κ2) is 12.5. The van der Waals surface area contributed by atoms with Crippen LogP contribution in [0, 0.1) is 0 Å². The van der Waals surface area contributed by atoms with E-state index in [-0.39, 0.29) is 35.0 Å². The molecule has 0 saturated carbocycles. The van der Waals surface area contributed by atoms with Gasteiger partial charge in [0.25, 0.3) is 11.8 Å². The molecule has 3 amide bonds. The fraction of sp³-hybridized carbons (Fsp3) is 0.0667. The fourth-order valence-corrected chi connectivity index (χ4v) is 3.83. The molecule has 3 N–H and O–H groups in total. The quantitative estimate of drug-likeness (QED) is 0.196. The van der Waals surface area contributed by atoms with Gasteiger partial charge in [0, 0.05) is 29.7 Å². The number of benzene rings is 4. The third-order valence-corrected chi connectivity index (χ3v) is 5.75. The molecule has 0 radical (unpaired) electrons. The van der Waals surface area contributed by atoms with Gasteiger partial charge in [-0.3, -0.25) is 14.4 Å². The molecule has 0 fully saturated rings. The Morgan fingerprint density at radius 2 is 1.49 bits per heavy atom. The summed E-state index contributed by atoms with van der Waals surface area (Å²) in [5.74, 6) is -1.71. The van der Waals surface area contributed by atoms with E-state index < -0.39 is 17.8 Å². The van der Waals surface area contributed by atoms with Crippen LogP contribution >= 0.6 is 11.6 Å². The zero-order valence-corrected chi connectivity index (χ0v) is 21.6. The summed E-state index contributed by atoms with van der Waals surface area (Å²) in [6.45, 7) is 1.64. The minimum absolute atomic E-state index is 0.102. The van der Waals surface area contributed by atoms with Crippen molar-refractivity contribution in [1.29, 1.82) is 0 Å². The standard InChI is InChI=1S/C30H24ClN3O5/c1-19(35)33-24-12-10-21(11-13-24)28(36)34-27-15-14-25(39-30(38)22-8-5-9-23(31)16-22)17-26(27)29(37)32-18-20-6-3-2-4-7-20/h2-17H,18H2,1H3,(H,32,37)(H,33,35)(H,34,36). The number of hydrogen-bond acceptors (Lipinski definition) is 5. The van der Waals surface area contributed by atoms with E-state index in [0.717, 1.165) is 5.56 Å². The Morgan fingerprint density at radius 3 is 2.18 bits per heavy atom. The first kappa shape index (κ1) is 27.1.